The molecule has 1 heterocycles. The maximum Gasteiger partial charge on any atom is 0.317 e. The van der Waals surface area contributed by atoms with Gasteiger partial charge in [-0.15, -0.1) is 0 Å². The lowest BCUT2D eigenvalue weighted by molar-refractivity contribution is -0.140. The van der Waals surface area contributed by atoms with E-state index in [-0.39, 0.29) is 104 Å². The molecule has 0 spiro atoms. The zero-order chi connectivity index (χ0) is 39.3. The molecule has 296 valence electrons. The summed E-state index contributed by atoms with van der Waals surface area (Å²) in [5, 5.41) is 35.4. The van der Waals surface area contributed by atoms with E-state index in [4.69, 9.17) is 0 Å². The molecule has 0 bridgehead atoms. The topological polar surface area (TPSA) is 229 Å². The van der Waals surface area contributed by atoms with E-state index in [1.54, 1.807) is 19.6 Å². The average Bonchev–Trinajstić information content (AvgIpc) is 3.05. The Balaban J connectivity index is 2.02. The molecule has 0 aliphatic carbocycles. The summed E-state index contributed by atoms with van der Waals surface area (Å²) >= 11 is 2.21. The number of nitrogens with zero attached hydrogens (tertiary/aromatic N) is 4. The van der Waals surface area contributed by atoms with Crippen molar-refractivity contribution in [1.29, 1.82) is 0 Å². The molecule has 53 heavy (non-hydrogen) atoms. The summed E-state index contributed by atoms with van der Waals surface area (Å²) in [6, 6.07) is 6.54. The van der Waals surface area contributed by atoms with Crippen molar-refractivity contribution in [3.05, 3.63) is 33.4 Å². The highest BCUT2D eigenvalue weighted by molar-refractivity contribution is 14.1. The lowest BCUT2D eigenvalue weighted by Gasteiger charge is -2.33. The van der Waals surface area contributed by atoms with Gasteiger partial charge in [0.05, 0.1) is 26.2 Å². The molecule has 1 aliphatic rings. The Morgan fingerprint density at radius 1 is 0.736 bits per heavy atom. The highest BCUT2D eigenvalue weighted by Gasteiger charge is 2.27. The fraction of sp³-hybridized carbons (Fsp3) is 0.618. The zero-order valence-electron chi connectivity index (χ0n) is 29.9. The number of alkyl halides is 1. The van der Waals surface area contributed by atoms with Crippen LogP contribution >= 0.6 is 22.6 Å². The highest BCUT2D eigenvalue weighted by atomic mass is 127. The number of carbonyl (C=O) groups excluding carboxylic acids is 4. The van der Waals surface area contributed by atoms with Gasteiger partial charge < -0.3 is 26.0 Å². The van der Waals surface area contributed by atoms with Crippen molar-refractivity contribution in [3.63, 3.8) is 0 Å². The Bertz CT molecular complexity index is 1360. The van der Waals surface area contributed by atoms with Crippen molar-refractivity contribution in [3.8, 4) is 0 Å². The van der Waals surface area contributed by atoms with E-state index in [2.05, 4.69) is 38.5 Å². The summed E-state index contributed by atoms with van der Waals surface area (Å²) in [7, 11) is 0. The molecule has 2 unspecified atom stereocenters. The van der Waals surface area contributed by atoms with Crippen LogP contribution in [0.5, 0.6) is 0 Å². The number of nitrogens with one attached hydrogen (secondary N) is 3. The maximum atomic E-state index is 15.1. The van der Waals surface area contributed by atoms with E-state index < -0.39 is 54.3 Å². The minimum Gasteiger partial charge on any atom is -0.480 e. The van der Waals surface area contributed by atoms with Crippen molar-refractivity contribution in [2.75, 3.05) is 85.1 Å². The molecule has 1 fully saturated rings. The number of amides is 4. The van der Waals surface area contributed by atoms with Gasteiger partial charge >= 0.3 is 17.9 Å². The Labute approximate surface area is 321 Å². The summed E-state index contributed by atoms with van der Waals surface area (Å²) in [4.78, 5) is 91.0. The van der Waals surface area contributed by atoms with Gasteiger partial charge in [-0.25, -0.2) is 4.39 Å². The van der Waals surface area contributed by atoms with Gasteiger partial charge in [0.25, 0.3) is 0 Å². The van der Waals surface area contributed by atoms with Gasteiger partial charge in [-0.1, -0.05) is 12.1 Å². The number of aliphatic carboxylic acids is 3. The maximum absolute atomic E-state index is 15.1. The van der Waals surface area contributed by atoms with Crippen molar-refractivity contribution in [2.45, 2.75) is 51.2 Å². The first-order chi connectivity index (χ1) is 25.1. The summed E-state index contributed by atoms with van der Waals surface area (Å²) in [5.41, 5.74) is 1.11. The number of carbonyl (C=O) groups is 7. The molecule has 1 saturated heterocycles. The highest BCUT2D eigenvalue weighted by Crippen LogP contribution is 2.11. The van der Waals surface area contributed by atoms with Crippen molar-refractivity contribution < 1.29 is 53.3 Å². The second-order valence-corrected chi connectivity index (χ2v) is 14.1. The van der Waals surface area contributed by atoms with Crippen LogP contribution in [-0.2, 0) is 40.0 Å². The van der Waals surface area contributed by atoms with Crippen LogP contribution < -0.4 is 16.0 Å². The van der Waals surface area contributed by atoms with Crippen molar-refractivity contribution in [2.24, 2.45) is 0 Å². The van der Waals surface area contributed by atoms with Crippen molar-refractivity contribution >= 4 is 64.1 Å². The van der Waals surface area contributed by atoms with Gasteiger partial charge in [0.2, 0.25) is 23.6 Å². The molecule has 0 saturated carbocycles. The number of imide groups is 1. The molecule has 2 atom stereocenters. The minimum absolute atomic E-state index is 0.0000564. The molecule has 4 amide bonds. The molecule has 19 heteroatoms. The van der Waals surface area contributed by atoms with E-state index in [9.17, 15) is 48.9 Å². The van der Waals surface area contributed by atoms with Crippen LogP contribution in [0.3, 0.4) is 0 Å². The van der Waals surface area contributed by atoms with Gasteiger partial charge in [0, 0.05) is 82.2 Å². The number of carboxylic acid groups (broad SMARTS) is 3. The number of carboxylic acids is 3. The smallest absolute Gasteiger partial charge is 0.317 e. The van der Waals surface area contributed by atoms with E-state index in [1.807, 2.05) is 24.3 Å². The van der Waals surface area contributed by atoms with Crippen LogP contribution in [-0.4, -0.2) is 174 Å². The lowest BCUT2D eigenvalue weighted by atomic mass is 10.1. The molecule has 0 radical (unpaired) electrons. The normalized spacial score (nSPS) is 16.7. The third kappa shape index (κ3) is 20.9. The SMILES string of the molecule is CC(=O)NC(=O)C(CC(F)CCNC(=O)CCCc1ccc(I)cc1)NC(=O)CN1CCN(CC(=O)O)CCN(CC(=O)O)CCN(CC(=O)O)CC1. The van der Waals surface area contributed by atoms with Gasteiger partial charge in [0.15, 0.2) is 0 Å². The van der Waals surface area contributed by atoms with Crippen LogP contribution in [0, 0.1) is 3.57 Å². The van der Waals surface area contributed by atoms with Gasteiger partial charge in [-0.05, 0) is 59.5 Å². The Kier molecular flexibility index (Phi) is 21.0. The van der Waals surface area contributed by atoms with E-state index in [1.165, 1.54) is 0 Å². The third-order valence-electron chi connectivity index (χ3n) is 8.38. The number of aryl methyl sites for hydroxylation is 1. The van der Waals surface area contributed by atoms with E-state index >= 15 is 4.39 Å². The Hall–Kier alpha value is -3.79. The molecule has 6 N–H and O–H groups in total. The number of benzene rings is 1. The van der Waals surface area contributed by atoms with Crippen LogP contribution in [0.1, 0.15) is 38.2 Å². The van der Waals surface area contributed by atoms with Gasteiger partial charge in [-0.2, -0.15) is 0 Å². The zero-order valence-corrected chi connectivity index (χ0v) is 32.1. The molecular weight excluding hydrogens is 812 g/mol. The number of hydrogen-bond acceptors (Lipinski definition) is 11. The molecule has 1 aromatic rings. The first kappa shape index (κ1) is 45.4. The Morgan fingerprint density at radius 2 is 1.19 bits per heavy atom. The summed E-state index contributed by atoms with van der Waals surface area (Å²) in [6.45, 7) is 1.22. The molecule has 17 nitrogen and oxygen atoms in total. The quantitative estimate of drug-likeness (QED) is 0.0962. The molecular formula is C34H51FIN7O10. The first-order valence-corrected chi connectivity index (χ1v) is 18.5. The first-order valence-electron chi connectivity index (χ1n) is 17.4. The Morgan fingerprint density at radius 3 is 1.62 bits per heavy atom. The number of hydrogen-bond donors (Lipinski definition) is 6. The lowest BCUT2D eigenvalue weighted by Crippen LogP contribution is -2.53. The van der Waals surface area contributed by atoms with Gasteiger partial charge in [0.1, 0.15) is 12.2 Å². The second-order valence-electron chi connectivity index (χ2n) is 12.9. The second kappa shape index (κ2) is 24.5. The van der Waals surface area contributed by atoms with Crippen LogP contribution in [0.25, 0.3) is 0 Å². The molecule has 1 aliphatic heterocycles. The van der Waals surface area contributed by atoms with Crippen molar-refractivity contribution in [1.82, 2.24) is 35.6 Å². The number of rotatable bonds is 19. The molecule has 1 aromatic carbocycles. The summed E-state index contributed by atoms with van der Waals surface area (Å²) in [5.74, 6) is -5.82. The predicted octanol–water partition coefficient (Wildman–Crippen LogP) is -0.529. The van der Waals surface area contributed by atoms with E-state index in [0.717, 1.165) is 16.1 Å². The fourth-order valence-corrected chi connectivity index (χ4v) is 6.01. The molecule has 2 rings (SSSR count). The van der Waals surface area contributed by atoms with Gasteiger partial charge in [-0.3, -0.25) is 58.5 Å². The number of halogens is 2. The summed E-state index contributed by atoms with van der Waals surface area (Å²) < 4.78 is 16.3. The largest absolute Gasteiger partial charge is 0.480 e. The summed E-state index contributed by atoms with van der Waals surface area (Å²) in [6.07, 6.45) is -0.653. The van der Waals surface area contributed by atoms with Crippen LogP contribution in [0.4, 0.5) is 4.39 Å². The van der Waals surface area contributed by atoms with Crippen LogP contribution in [0.15, 0.2) is 24.3 Å². The fourth-order valence-electron chi connectivity index (χ4n) is 5.65. The standard InChI is InChI=1S/C34H51FIN7O10/c1-24(44)38-34(53)28(19-26(35)9-10-37-29(45)4-2-3-25-5-7-27(36)8-6-25)39-30(46)20-40-11-13-41(21-31(47)48)15-17-43(23-33(51)52)18-16-42(14-12-40)22-32(49)50/h5-8,26,28H,2-4,9-23H2,1H3,(H,37,45)(H,39,46)(H,47,48)(H,49,50)(H,51,52)(H,38,44,53). The van der Waals surface area contributed by atoms with Crippen LogP contribution in [0.2, 0.25) is 0 Å². The average molecular weight is 864 g/mol. The molecule has 0 aromatic heterocycles. The monoisotopic (exact) mass is 863 g/mol. The predicted molar refractivity (Wildman–Crippen MR) is 199 cm³/mol. The third-order valence-corrected chi connectivity index (χ3v) is 9.10. The minimum atomic E-state index is -1.62. The van der Waals surface area contributed by atoms with E-state index in [0.29, 0.717) is 12.8 Å².